The molecule has 28 heavy (non-hydrogen) atoms. The van der Waals surface area contributed by atoms with E-state index in [0.717, 1.165) is 29.8 Å². The zero-order valence-corrected chi connectivity index (χ0v) is 15.8. The summed E-state index contributed by atoms with van der Waals surface area (Å²) in [5, 5.41) is 2.87. The highest BCUT2D eigenvalue weighted by molar-refractivity contribution is 5.91. The highest BCUT2D eigenvalue weighted by atomic mass is 16.5. The number of hydrogen-bond acceptors (Lipinski definition) is 4. The molecule has 0 atom stereocenters. The Labute approximate surface area is 164 Å². The molecule has 4 rings (SSSR count). The molecule has 3 N–H and O–H groups in total. The largest absolute Gasteiger partial charge is 0.497 e. The van der Waals surface area contributed by atoms with Gasteiger partial charge in [0.2, 0.25) is 5.91 Å². The van der Waals surface area contributed by atoms with Gasteiger partial charge >= 0.3 is 0 Å². The summed E-state index contributed by atoms with van der Waals surface area (Å²) in [4.78, 5) is 16.6. The molecule has 0 unspecified atom stereocenters. The van der Waals surface area contributed by atoms with Crippen LogP contribution in [0.25, 0.3) is 0 Å². The number of amides is 1. The predicted molar refractivity (Wildman–Crippen MR) is 109 cm³/mol. The Hall–Kier alpha value is -3.28. The number of carbonyl (C=O) groups excluding carboxylic acids is 1. The minimum Gasteiger partial charge on any atom is -0.497 e. The number of para-hydroxylation sites is 1. The number of imidazole rings is 1. The summed E-state index contributed by atoms with van der Waals surface area (Å²) in [6, 6.07) is 15.9. The third kappa shape index (κ3) is 3.86. The smallest absolute Gasteiger partial charge is 0.229 e. The molecule has 144 valence electrons. The van der Waals surface area contributed by atoms with Crippen molar-refractivity contribution in [2.75, 3.05) is 18.2 Å². The van der Waals surface area contributed by atoms with E-state index in [1.807, 2.05) is 48.7 Å². The van der Waals surface area contributed by atoms with Crippen molar-refractivity contribution in [1.82, 2.24) is 9.55 Å². The van der Waals surface area contributed by atoms with E-state index in [1.165, 1.54) is 5.56 Å². The molecule has 1 fully saturated rings. The second-order valence-electron chi connectivity index (χ2n) is 7.23. The highest BCUT2D eigenvalue weighted by Crippen LogP contribution is 2.46. The first-order valence-electron chi connectivity index (χ1n) is 9.43. The summed E-state index contributed by atoms with van der Waals surface area (Å²) in [6.07, 6.45) is 6.06. The van der Waals surface area contributed by atoms with E-state index in [0.29, 0.717) is 24.2 Å². The Morgan fingerprint density at radius 3 is 2.68 bits per heavy atom. The van der Waals surface area contributed by atoms with E-state index in [-0.39, 0.29) is 5.91 Å². The lowest BCUT2D eigenvalue weighted by molar-refractivity contribution is -0.115. The molecule has 1 saturated carbocycles. The molecule has 1 amide bonds. The lowest BCUT2D eigenvalue weighted by atomic mass is 9.75. The molecular formula is C22H24N4O2. The predicted octanol–water partition coefficient (Wildman–Crippen LogP) is 3.77. The summed E-state index contributed by atoms with van der Waals surface area (Å²) in [5.41, 5.74) is 9.10. The Bertz CT molecular complexity index is 959. The van der Waals surface area contributed by atoms with Crippen LogP contribution in [0.1, 0.15) is 35.9 Å². The van der Waals surface area contributed by atoms with Crippen molar-refractivity contribution in [3.05, 3.63) is 72.2 Å². The number of rotatable bonds is 6. The zero-order chi connectivity index (χ0) is 19.5. The van der Waals surface area contributed by atoms with Gasteiger partial charge in [-0.25, -0.2) is 4.98 Å². The fraction of sp³-hybridized carbons (Fsp3) is 0.273. The van der Waals surface area contributed by atoms with Gasteiger partial charge in [-0.3, -0.25) is 4.79 Å². The third-order valence-corrected chi connectivity index (χ3v) is 5.36. The van der Waals surface area contributed by atoms with E-state index in [4.69, 9.17) is 10.5 Å². The minimum absolute atomic E-state index is 0.0843. The number of methoxy groups -OCH3 is 1. The molecule has 0 aliphatic heterocycles. The van der Waals surface area contributed by atoms with Gasteiger partial charge in [-0.1, -0.05) is 30.3 Å². The second-order valence-corrected chi connectivity index (χ2v) is 7.23. The first-order chi connectivity index (χ1) is 13.6. The van der Waals surface area contributed by atoms with Crippen molar-refractivity contribution in [2.24, 2.45) is 0 Å². The summed E-state index contributed by atoms with van der Waals surface area (Å²) < 4.78 is 7.22. The Morgan fingerprint density at radius 2 is 1.96 bits per heavy atom. The number of nitrogen functional groups attached to an aromatic ring is 1. The Kier molecular flexibility index (Phi) is 5.02. The van der Waals surface area contributed by atoms with Gasteiger partial charge in [0.05, 0.1) is 19.9 Å². The van der Waals surface area contributed by atoms with Gasteiger partial charge < -0.3 is 20.4 Å². The van der Waals surface area contributed by atoms with E-state index in [1.54, 1.807) is 13.4 Å². The molecule has 2 aromatic carbocycles. The molecule has 0 bridgehead atoms. The SMILES string of the molecule is COc1ccc(CC(=O)Nc2cn(C3CC(c4ccccc4N)C3)cn2)cc1. The molecule has 0 radical (unpaired) electrons. The first kappa shape index (κ1) is 18.1. The van der Waals surface area contributed by atoms with Crippen LogP contribution >= 0.6 is 0 Å². The van der Waals surface area contributed by atoms with Crippen molar-refractivity contribution >= 4 is 17.4 Å². The number of nitrogens with zero attached hydrogens (tertiary/aromatic N) is 2. The number of nitrogens with two attached hydrogens (primary N) is 1. The summed E-state index contributed by atoms with van der Waals surface area (Å²) in [6.45, 7) is 0. The van der Waals surface area contributed by atoms with Crippen LogP contribution in [0.3, 0.4) is 0 Å². The van der Waals surface area contributed by atoms with E-state index < -0.39 is 0 Å². The summed E-state index contributed by atoms with van der Waals surface area (Å²) >= 11 is 0. The van der Waals surface area contributed by atoms with Crippen LogP contribution in [-0.4, -0.2) is 22.6 Å². The number of carbonyl (C=O) groups is 1. The molecule has 6 heteroatoms. The summed E-state index contributed by atoms with van der Waals surface area (Å²) in [7, 11) is 1.62. The van der Waals surface area contributed by atoms with Gasteiger partial charge in [-0.2, -0.15) is 0 Å². The molecule has 1 aliphatic rings. The van der Waals surface area contributed by atoms with E-state index in [9.17, 15) is 4.79 Å². The fourth-order valence-electron chi connectivity index (χ4n) is 3.68. The number of anilines is 2. The van der Waals surface area contributed by atoms with Crippen LogP contribution in [0.2, 0.25) is 0 Å². The van der Waals surface area contributed by atoms with E-state index >= 15 is 0 Å². The van der Waals surface area contributed by atoms with Gasteiger partial charge in [0.25, 0.3) is 0 Å². The van der Waals surface area contributed by atoms with Crippen molar-refractivity contribution in [1.29, 1.82) is 0 Å². The van der Waals surface area contributed by atoms with Gasteiger partial charge in [0, 0.05) is 17.9 Å². The molecule has 1 aromatic heterocycles. The molecule has 0 spiro atoms. The minimum atomic E-state index is -0.0843. The van der Waals surface area contributed by atoms with Crippen LogP contribution in [0.15, 0.2) is 61.1 Å². The lowest BCUT2D eigenvalue weighted by Crippen LogP contribution is -2.25. The average Bonchev–Trinajstić information content (AvgIpc) is 3.10. The number of hydrogen-bond donors (Lipinski definition) is 2. The normalized spacial score (nSPS) is 18.3. The number of aromatic nitrogens is 2. The number of benzene rings is 2. The summed E-state index contributed by atoms with van der Waals surface area (Å²) in [5.74, 6) is 1.76. The molecule has 0 saturated heterocycles. The first-order valence-corrected chi connectivity index (χ1v) is 9.43. The van der Waals surface area contributed by atoms with Crippen molar-refractivity contribution in [2.45, 2.75) is 31.2 Å². The van der Waals surface area contributed by atoms with Crippen molar-refractivity contribution in [3.8, 4) is 5.75 Å². The zero-order valence-electron chi connectivity index (χ0n) is 15.8. The fourth-order valence-corrected chi connectivity index (χ4v) is 3.68. The van der Waals surface area contributed by atoms with Gasteiger partial charge in [-0.15, -0.1) is 0 Å². The van der Waals surface area contributed by atoms with Crippen molar-refractivity contribution < 1.29 is 9.53 Å². The van der Waals surface area contributed by atoms with Crippen LogP contribution < -0.4 is 15.8 Å². The average molecular weight is 376 g/mol. The van der Waals surface area contributed by atoms with Crippen LogP contribution in [0.5, 0.6) is 5.75 Å². The maximum atomic E-state index is 12.3. The molecule has 3 aromatic rings. The molecular weight excluding hydrogens is 352 g/mol. The van der Waals surface area contributed by atoms with Crippen molar-refractivity contribution in [3.63, 3.8) is 0 Å². The number of ether oxygens (including phenoxy) is 1. The molecule has 1 heterocycles. The van der Waals surface area contributed by atoms with Crippen LogP contribution in [0.4, 0.5) is 11.5 Å². The molecule has 1 aliphatic carbocycles. The van der Waals surface area contributed by atoms with E-state index in [2.05, 4.69) is 20.9 Å². The second kappa shape index (κ2) is 7.76. The topological polar surface area (TPSA) is 82.2 Å². The molecule has 6 nitrogen and oxygen atoms in total. The van der Waals surface area contributed by atoms with Gasteiger partial charge in [-0.05, 0) is 48.1 Å². The Balaban J connectivity index is 1.31. The third-order valence-electron chi connectivity index (χ3n) is 5.36. The highest BCUT2D eigenvalue weighted by Gasteiger charge is 2.32. The maximum absolute atomic E-state index is 12.3. The Morgan fingerprint density at radius 1 is 1.21 bits per heavy atom. The lowest BCUT2D eigenvalue weighted by Gasteiger charge is -2.37. The number of nitrogens with one attached hydrogen (secondary N) is 1. The van der Waals surface area contributed by atoms with Crippen LogP contribution in [0, 0.1) is 0 Å². The maximum Gasteiger partial charge on any atom is 0.229 e. The van der Waals surface area contributed by atoms with Crippen LogP contribution in [-0.2, 0) is 11.2 Å². The quantitative estimate of drug-likeness (QED) is 0.642. The standard InChI is InChI=1S/C22H24N4O2/c1-28-18-8-6-15(7-9-18)10-22(27)25-21-13-26(14-24-21)17-11-16(12-17)19-4-2-3-5-20(19)23/h2-9,13-14,16-17H,10-12,23H2,1H3,(H,25,27). The van der Waals surface area contributed by atoms with Gasteiger partial charge in [0.15, 0.2) is 5.82 Å². The monoisotopic (exact) mass is 376 g/mol. The van der Waals surface area contributed by atoms with Gasteiger partial charge in [0.1, 0.15) is 5.75 Å².